The van der Waals surface area contributed by atoms with Crippen molar-refractivity contribution in [1.82, 2.24) is 4.98 Å². The van der Waals surface area contributed by atoms with Crippen LogP contribution in [0.2, 0.25) is 0 Å². The molecule has 112 valence electrons. The van der Waals surface area contributed by atoms with Crippen LogP contribution >= 0.6 is 23.1 Å². The molecule has 1 aromatic carbocycles. The molecule has 1 aromatic heterocycles. The van der Waals surface area contributed by atoms with Crippen LogP contribution < -0.4 is 11.1 Å². The fraction of sp³-hybridized carbons (Fsp3) is 0.333. The molecule has 1 heterocycles. The number of nitrogens with two attached hydrogens (primary N) is 1. The van der Waals surface area contributed by atoms with Gasteiger partial charge in [-0.05, 0) is 44.2 Å². The second-order valence-electron chi connectivity index (χ2n) is 4.70. The first-order valence-electron chi connectivity index (χ1n) is 6.79. The number of benzene rings is 1. The predicted octanol–water partition coefficient (Wildman–Crippen LogP) is 4.10. The second kappa shape index (κ2) is 6.95. The zero-order chi connectivity index (χ0) is 15.4. The van der Waals surface area contributed by atoms with Crippen LogP contribution in [-0.2, 0) is 0 Å². The molecule has 4 nitrogen and oxygen atoms in total. The lowest BCUT2D eigenvalue weighted by atomic mass is 10.2. The molecule has 0 atom stereocenters. The van der Waals surface area contributed by atoms with Gasteiger partial charge in [0.2, 0.25) is 0 Å². The number of anilines is 2. The first-order chi connectivity index (χ1) is 10.0. The number of carbonyl (C=O) groups is 1. The molecule has 0 unspecified atom stereocenters. The van der Waals surface area contributed by atoms with E-state index in [0.29, 0.717) is 16.3 Å². The average Bonchev–Trinajstić information content (AvgIpc) is 2.78. The summed E-state index contributed by atoms with van der Waals surface area (Å²) in [6, 6.07) is 5.74. The van der Waals surface area contributed by atoms with Crippen LogP contribution in [0.25, 0.3) is 0 Å². The molecule has 0 radical (unpaired) electrons. The smallest absolute Gasteiger partial charge is 0.267 e. The van der Waals surface area contributed by atoms with Gasteiger partial charge >= 0.3 is 0 Å². The third-order valence-electron chi connectivity index (χ3n) is 2.86. The number of hydrogen-bond acceptors (Lipinski definition) is 5. The number of nitrogen functional groups attached to an aromatic ring is 1. The van der Waals surface area contributed by atoms with Crippen molar-refractivity contribution in [3.63, 3.8) is 0 Å². The number of thiazole rings is 1. The van der Waals surface area contributed by atoms with Gasteiger partial charge in [0.25, 0.3) is 5.91 Å². The van der Waals surface area contributed by atoms with E-state index in [2.05, 4.69) is 17.2 Å². The zero-order valence-corrected chi connectivity index (χ0v) is 14.0. The normalized spacial score (nSPS) is 10.6. The molecule has 1 amide bonds. The molecule has 21 heavy (non-hydrogen) atoms. The highest BCUT2D eigenvalue weighted by Crippen LogP contribution is 2.28. The Morgan fingerprint density at radius 3 is 2.81 bits per heavy atom. The van der Waals surface area contributed by atoms with Crippen LogP contribution in [0.4, 0.5) is 11.4 Å². The predicted molar refractivity (Wildman–Crippen MR) is 91.4 cm³/mol. The van der Waals surface area contributed by atoms with Crippen molar-refractivity contribution in [2.24, 2.45) is 0 Å². The standard InChI is InChI=1S/C15H19N3OS2/c1-4-7-20-11-5-6-12(16)13(8-11)18-15(19)14-9(2)17-10(3)21-14/h5-6,8H,4,7,16H2,1-3H3,(H,18,19). The highest BCUT2D eigenvalue weighted by atomic mass is 32.2. The number of aromatic nitrogens is 1. The lowest BCUT2D eigenvalue weighted by Gasteiger charge is -2.09. The summed E-state index contributed by atoms with van der Waals surface area (Å²) in [5.41, 5.74) is 7.94. The van der Waals surface area contributed by atoms with Gasteiger partial charge in [-0.3, -0.25) is 4.79 Å². The van der Waals surface area contributed by atoms with Gasteiger partial charge in [0, 0.05) is 4.90 Å². The molecule has 6 heteroatoms. The number of thioether (sulfide) groups is 1. The Bertz CT molecular complexity index is 652. The van der Waals surface area contributed by atoms with Crippen molar-refractivity contribution in [3.05, 3.63) is 33.8 Å². The van der Waals surface area contributed by atoms with Crippen molar-refractivity contribution in [1.29, 1.82) is 0 Å². The first kappa shape index (κ1) is 15.9. The average molecular weight is 321 g/mol. The molecule has 0 saturated carbocycles. The van der Waals surface area contributed by atoms with Gasteiger partial charge in [0.05, 0.1) is 22.1 Å². The van der Waals surface area contributed by atoms with Gasteiger partial charge in [-0.15, -0.1) is 23.1 Å². The van der Waals surface area contributed by atoms with Crippen LogP contribution in [0, 0.1) is 13.8 Å². The Kier molecular flexibility index (Phi) is 5.25. The number of amides is 1. The maximum atomic E-state index is 12.3. The number of rotatable bonds is 5. The van der Waals surface area contributed by atoms with Gasteiger partial charge < -0.3 is 11.1 Å². The molecule has 3 N–H and O–H groups in total. The maximum absolute atomic E-state index is 12.3. The van der Waals surface area contributed by atoms with E-state index in [0.717, 1.165) is 27.8 Å². The second-order valence-corrected chi connectivity index (χ2v) is 7.07. The summed E-state index contributed by atoms with van der Waals surface area (Å²) in [6.07, 6.45) is 1.11. The van der Waals surface area contributed by atoms with E-state index in [1.165, 1.54) is 11.3 Å². The number of nitrogens with one attached hydrogen (secondary N) is 1. The van der Waals surface area contributed by atoms with Crippen molar-refractivity contribution >= 4 is 40.4 Å². The molecule has 0 fully saturated rings. The lowest BCUT2D eigenvalue weighted by Crippen LogP contribution is -2.13. The summed E-state index contributed by atoms with van der Waals surface area (Å²) in [5.74, 6) is 0.896. The lowest BCUT2D eigenvalue weighted by molar-refractivity contribution is 0.103. The minimum atomic E-state index is -0.151. The van der Waals surface area contributed by atoms with E-state index in [1.807, 2.05) is 32.0 Å². The van der Waals surface area contributed by atoms with Gasteiger partial charge in [-0.1, -0.05) is 6.92 Å². The molecular weight excluding hydrogens is 302 g/mol. The van der Waals surface area contributed by atoms with Crippen molar-refractivity contribution < 1.29 is 4.79 Å². The number of nitrogens with zero attached hydrogens (tertiary/aromatic N) is 1. The van der Waals surface area contributed by atoms with Crippen LogP contribution in [0.1, 0.15) is 33.7 Å². The number of aryl methyl sites for hydroxylation is 2. The van der Waals surface area contributed by atoms with Crippen LogP contribution in [0.5, 0.6) is 0 Å². The Labute approximate surface area is 133 Å². The fourth-order valence-electron chi connectivity index (χ4n) is 1.87. The molecule has 0 spiro atoms. The monoisotopic (exact) mass is 321 g/mol. The minimum absolute atomic E-state index is 0.151. The van der Waals surface area contributed by atoms with Gasteiger partial charge in [0.15, 0.2) is 0 Å². The Hall–Kier alpha value is -1.53. The van der Waals surface area contributed by atoms with Crippen LogP contribution in [0.15, 0.2) is 23.1 Å². The van der Waals surface area contributed by atoms with E-state index in [1.54, 1.807) is 11.8 Å². The van der Waals surface area contributed by atoms with Crippen molar-refractivity contribution in [3.8, 4) is 0 Å². The molecule has 0 bridgehead atoms. The molecule has 0 aliphatic rings. The molecular formula is C15H19N3OS2. The number of carbonyl (C=O) groups excluding carboxylic acids is 1. The Morgan fingerprint density at radius 1 is 1.43 bits per heavy atom. The van der Waals surface area contributed by atoms with Gasteiger partial charge in [-0.2, -0.15) is 0 Å². The van der Waals surface area contributed by atoms with Gasteiger partial charge in [-0.25, -0.2) is 4.98 Å². The van der Waals surface area contributed by atoms with Gasteiger partial charge in [0.1, 0.15) is 4.88 Å². The number of hydrogen-bond donors (Lipinski definition) is 2. The highest BCUT2D eigenvalue weighted by molar-refractivity contribution is 7.99. The topological polar surface area (TPSA) is 68.0 Å². The van der Waals surface area contributed by atoms with Crippen LogP contribution in [-0.4, -0.2) is 16.6 Å². The molecule has 0 aliphatic carbocycles. The zero-order valence-electron chi connectivity index (χ0n) is 12.4. The van der Waals surface area contributed by atoms with E-state index < -0.39 is 0 Å². The SMILES string of the molecule is CCCSc1ccc(N)c(NC(=O)c2sc(C)nc2C)c1. The van der Waals surface area contributed by atoms with Crippen molar-refractivity contribution in [2.75, 3.05) is 16.8 Å². The van der Waals surface area contributed by atoms with Crippen molar-refractivity contribution in [2.45, 2.75) is 32.1 Å². The Balaban J connectivity index is 2.18. The van der Waals surface area contributed by atoms with Crippen LogP contribution in [0.3, 0.4) is 0 Å². The summed E-state index contributed by atoms with van der Waals surface area (Å²) in [5, 5.41) is 3.78. The molecule has 0 saturated heterocycles. The van der Waals surface area contributed by atoms with E-state index in [4.69, 9.17) is 5.73 Å². The molecule has 2 aromatic rings. The summed E-state index contributed by atoms with van der Waals surface area (Å²) in [7, 11) is 0. The van der Waals surface area contributed by atoms with E-state index >= 15 is 0 Å². The summed E-state index contributed by atoms with van der Waals surface area (Å²) in [4.78, 5) is 18.3. The summed E-state index contributed by atoms with van der Waals surface area (Å²) < 4.78 is 0. The minimum Gasteiger partial charge on any atom is -0.397 e. The van der Waals surface area contributed by atoms with E-state index in [-0.39, 0.29) is 5.91 Å². The Morgan fingerprint density at radius 2 is 2.19 bits per heavy atom. The maximum Gasteiger partial charge on any atom is 0.267 e. The first-order valence-corrected chi connectivity index (χ1v) is 8.59. The third-order valence-corrected chi connectivity index (χ3v) is 5.13. The summed E-state index contributed by atoms with van der Waals surface area (Å²) >= 11 is 3.15. The highest BCUT2D eigenvalue weighted by Gasteiger charge is 2.15. The molecule has 0 aliphatic heterocycles. The quantitative estimate of drug-likeness (QED) is 0.643. The largest absolute Gasteiger partial charge is 0.397 e. The fourth-order valence-corrected chi connectivity index (χ4v) is 3.49. The molecule has 2 rings (SSSR count). The summed E-state index contributed by atoms with van der Waals surface area (Å²) in [6.45, 7) is 5.88. The third kappa shape index (κ3) is 3.98. The van der Waals surface area contributed by atoms with E-state index in [9.17, 15) is 4.79 Å².